The van der Waals surface area contributed by atoms with Gasteiger partial charge in [0.05, 0.1) is 18.1 Å². The van der Waals surface area contributed by atoms with Crippen molar-refractivity contribution in [1.82, 2.24) is 0 Å². The van der Waals surface area contributed by atoms with Gasteiger partial charge < -0.3 is 9.47 Å². The van der Waals surface area contributed by atoms with Crippen molar-refractivity contribution in [1.29, 1.82) is 0 Å². The van der Waals surface area contributed by atoms with Crippen LogP contribution < -0.4 is 9.47 Å². The number of carbonyl (C=O) groups excluding carboxylic acids is 1. The van der Waals surface area contributed by atoms with Gasteiger partial charge in [-0.2, -0.15) is 0 Å². The Kier molecular flexibility index (Phi) is 3.93. The number of hydrogen-bond donors (Lipinski definition) is 0. The first-order valence-corrected chi connectivity index (χ1v) is 8.97. The third-order valence-corrected chi connectivity index (χ3v) is 6.35. The van der Waals surface area contributed by atoms with E-state index in [9.17, 15) is 14.9 Å². The Morgan fingerprint density at radius 1 is 1.16 bits per heavy atom. The van der Waals surface area contributed by atoms with Crippen LogP contribution in [0.3, 0.4) is 0 Å². The number of carbonyl (C=O) groups is 1. The number of methoxy groups -OCH3 is 1. The number of ether oxygens (including phenoxy) is 2. The predicted molar refractivity (Wildman–Crippen MR) is 90.8 cm³/mol. The smallest absolute Gasteiger partial charge is 0.273 e. The van der Waals surface area contributed by atoms with Gasteiger partial charge >= 0.3 is 0 Å². The highest BCUT2D eigenvalue weighted by atomic mass is 16.6. The van der Waals surface area contributed by atoms with Gasteiger partial charge in [0, 0.05) is 11.5 Å². The van der Waals surface area contributed by atoms with E-state index in [1.165, 1.54) is 44.6 Å². The number of ketones is 1. The Labute approximate surface area is 146 Å². The maximum atomic E-state index is 13.0. The summed E-state index contributed by atoms with van der Waals surface area (Å²) in [6, 6.07) is 4.20. The monoisotopic (exact) mass is 345 g/mol. The summed E-state index contributed by atoms with van der Waals surface area (Å²) in [4.78, 5) is 23.5. The molecule has 4 bridgehead atoms. The Morgan fingerprint density at radius 3 is 2.28 bits per heavy atom. The maximum Gasteiger partial charge on any atom is 0.273 e. The minimum absolute atomic E-state index is 0.0380. The molecule has 0 aromatic heterocycles. The van der Waals surface area contributed by atoms with E-state index in [0.29, 0.717) is 23.5 Å². The molecule has 4 aliphatic carbocycles. The fourth-order valence-electron chi connectivity index (χ4n) is 5.64. The summed E-state index contributed by atoms with van der Waals surface area (Å²) in [6.45, 7) is -0.0380. The summed E-state index contributed by atoms with van der Waals surface area (Å²) in [6.07, 6.45) is 6.83. The van der Waals surface area contributed by atoms with E-state index in [4.69, 9.17) is 9.47 Å². The van der Waals surface area contributed by atoms with Crippen LogP contribution in [-0.2, 0) is 4.79 Å². The van der Waals surface area contributed by atoms with Crippen LogP contribution in [0.1, 0.15) is 38.5 Å². The van der Waals surface area contributed by atoms with Gasteiger partial charge in [-0.3, -0.25) is 14.9 Å². The van der Waals surface area contributed by atoms with Crippen LogP contribution in [0.25, 0.3) is 0 Å². The highest BCUT2D eigenvalue weighted by Gasteiger charge is 2.54. The summed E-state index contributed by atoms with van der Waals surface area (Å²) < 4.78 is 10.9. The number of nitrogens with zero attached hydrogens (tertiary/aromatic N) is 1. The number of hydrogen-bond acceptors (Lipinski definition) is 5. The molecule has 0 atom stereocenters. The molecule has 0 saturated heterocycles. The van der Waals surface area contributed by atoms with Crippen molar-refractivity contribution < 1.29 is 19.2 Å². The highest BCUT2D eigenvalue weighted by Crippen LogP contribution is 2.60. The average molecular weight is 345 g/mol. The van der Waals surface area contributed by atoms with Crippen molar-refractivity contribution in [2.75, 3.05) is 13.7 Å². The van der Waals surface area contributed by atoms with Gasteiger partial charge in [-0.15, -0.1) is 0 Å². The zero-order valence-electron chi connectivity index (χ0n) is 14.4. The third kappa shape index (κ3) is 2.87. The Bertz CT molecular complexity index is 678. The lowest BCUT2D eigenvalue weighted by atomic mass is 9.48. The Hall–Kier alpha value is -2.11. The molecule has 1 aromatic rings. The Balaban J connectivity index is 1.49. The zero-order valence-corrected chi connectivity index (χ0v) is 14.4. The van der Waals surface area contributed by atoms with Crippen LogP contribution in [0.4, 0.5) is 5.69 Å². The summed E-state index contributed by atoms with van der Waals surface area (Å²) in [5.41, 5.74) is -0.291. The van der Waals surface area contributed by atoms with Crippen LogP contribution >= 0.6 is 0 Å². The van der Waals surface area contributed by atoms with E-state index in [1.807, 2.05) is 0 Å². The number of nitro benzene ring substituents is 1. The fraction of sp³-hybridized carbons (Fsp3) is 0.632. The van der Waals surface area contributed by atoms with E-state index in [2.05, 4.69) is 0 Å². The number of benzene rings is 1. The summed E-state index contributed by atoms with van der Waals surface area (Å²) in [5.74, 6) is 2.91. The van der Waals surface area contributed by atoms with E-state index in [-0.39, 0.29) is 29.2 Å². The molecular formula is C19H23NO5. The van der Waals surface area contributed by atoms with Crippen molar-refractivity contribution in [2.24, 2.45) is 23.2 Å². The molecule has 4 aliphatic rings. The van der Waals surface area contributed by atoms with Crippen LogP contribution in [-0.4, -0.2) is 24.4 Å². The molecule has 0 heterocycles. The highest BCUT2D eigenvalue weighted by molar-refractivity contribution is 5.86. The molecule has 4 saturated carbocycles. The molecule has 0 radical (unpaired) electrons. The molecule has 6 heteroatoms. The third-order valence-electron chi connectivity index (χ3n) is 6.35. The second-order valence-electron chi connectivity index (χ2n) is 8.00. The van der Waals surface area contributed by atoms with E-state index >= 15 is 0 Å². The zero-order chi connectivity index (χ0) is 17.6. The van der Waals surface area contributed by atoms with Crippen LogP contribution in [0, 0.1) is 33.3 Å². The lowest BCUT2D eigenvalue weighted by Gasteiger charge is -2.55. The van der Waals surface area contributed by atoms with Crippen molar-refractivity contribution in [2.45, 2.75) is 38.5 Å². The quantitative estimate of drug-likeness (QED) is 0.579. The molecular weight excluding hydrogens is 322 g/mol. The largest absolute Gasteiger partial charge is 0.493 e. The van der Waals surface area contributed by atoms with E-state index in [1.54, 1.807) is 0 Å². The average Bonchev–Trinajstić information content (AvgIpc) is 2.58. The summed E-state index contributed by atoms with van der Waals surface area (Å²) in [7, 11) is 1.48. The van der Waals surface area contributed by atoms with Crippen LogP contribution in [0.2, 0.25) is 0 Å². The van der Waals surface area contributed by atoms with Gasteiger partial charge in [0.15, 0.2) is 17.3 Å². The van der Waals surface area contributed by atoms with Gasteiger partial charge in [-0.05, 0) is 62.3 Å². The van der Waals surface area contributed by atoms with E-state index in [0.717, 1.165) is 19.3 Å². The van der Waals surface area contributed by atoms with Crippen molar-refractivity contribution in [3.05, 3.63) is 28.3 Å². The van der Waals surface area contributed by atoms with Gasteiger partial charge in [0.25, 0.3) is 5.69 Å². The molecule has 4 fully saturated rings. The molecule has 0 amide bonds. The lowest BCUT2D eigenvalue weighted by Crippen LogP contribution is -2.51. The first-order valence-electron chi connectivity index (χ1n) is 8.97. The van der Waals surface area contributed by atoms with E-state index < -0.39 is 4.92 Å². The molecule has 5 rings (SSSR count). The van der Waals surface area contributed by atoms with Crippen molar-refractivity contribution in [3.63, 3.8) is 0 Å². The predicted octanol–water partition coefficient (Wildman–Crippen LogP) is 3.77. The maximum absolute atomic E-state index is 13.0. The number of rotatable bonds is 6. The summed E-state index contributed by atoms with van der Waals surface area (Å²) in [5, 5.41) is 11.0. The standard InChI is InChI=1S/C19H23NO5/c1-24-16-3-2-15(20(22)23)7-17(16)25-11-18(21)19-8-12-4-13(9-19)6-14(5-12)10-19/h2-3,7,12-14H,4-6,8-11H2,1H3. The Morgan fingerprint density at radius 2 is 1.76 bits per heavy atom. The molecule has 0 unspecified atom stereocenters. The normalized spacial score (nSPS) is 32.4. The minimum Gasteiger partial charge on any atom is -0.493 e. The number of non-ortho nitro benzene ring substituents is 1. The minimum atomic E-state index is -0.479. The van der Waals surface area contributed by atoms with Gasteiger partial charge in [0.1, 0.15) is 6.61 Å². The first kappa shape index (κ1) is 16.4. The lowest BCUT2D eigenvalue weighted by molar-refractivity contribution is -0.385. The SMILES string of the molecule is COc1ccc([N+](=O)[O-])cc1OCC(=O)C12CC3CC(CC(C3)C1)C2. The fourth-order valence-corrected chi connectivity index (χ4v) is 5.64. The van der Waals surface area contributed by atoms with Crippen molar-refractivity contribution in [3.8, 4) is 11.5 Å². The molecule has 25 heavy (non-hydrogen) atoms. The van der Waals surface area contributed by atoms with Gasteiger partial charge in [-0.25, -0.2) is 0 Å². The second-order valence-corrected chi connectivity index (χ2v) is 8.00. The first-order chi connectivity index (χ1) is 12.0. The second kappa shape index (κ2) is 6.00. The molecule has 1 aromatic carbocycles. The molecule has 0 N–H and O–H groups in total. The van der Waals surface area contributed by atoms with Crippen LogP contribution in [0.15, 0.2) is 18.2 Å². The van der Waals surface area contributed by atoms with Crippen LogP contribution in [0.5, 0.6) is 11.5 Å². The number of nitro groups is 1. The molecule has 0 spiro atoms. The topological polar surface area (TPSA) is 78.7 Å². The summed E-state index contributed by atoms with van der Waals surface area (Å²) >= 11 is 0. The van der Waals surface area contributed by atoms with Gasteiger partial charge in [0.2, 0.25) is 0 Å². The number of Topliss-reactive ketones (excluding diaryl/α,β-unsaturated/α-hetero) is 1. The van der Waals surface area contributed by atoms with Crippen molar-refractivity contribution >= 4 is 11.5 Å². The van der Waals surface area contributed by atoms with Gasteiger partial charge in [-0.1, -0.05) is 0 Å². The molecule has 6 nitrogen and oxygen atoms in total. The molecule has 0 aliphatic heterocycles. The molecule has 134 valence electrons.